The number of carbonyl (C=O) groups is 1. The first-order valence-electron chi connectivity index (χ1n) is 9.50. The maximum absolute atomic E-state index is 13.1. The second-order valence-corrected chi connectivity index (χ2v) is 7.09. The van der Waals surface area contributed by atoms with Gasteiger partial charge in [0.25, 0.3) is 5.91 Å². The van der Waals surface area contributed by atoms with Crippen LogP contribution in [0, 0.1) is 11.3 Å². The molecule has 29 heavy (non-hydrogen) atoms. The molecule has 5 nitrogen and oxygen atoms in total. The molecule has 0 bridgehead atoms. The second kappa shape index (κ2) is 6.92. The van der Waals surface area contributed by atoms with Crippen LogP contribution >= 0.6 is 0 Å². The van der Waals surface area contributed by atoms with Crippen molar-refractivity contribution in [1.82, 2.24) is 10.1 Å². The SMILES string of the molecule is N#Cc1ccccc1C(=O)N1CCc2onc(-c3cccc4ccccc34)c2C1. The molecular formula is C24H17N3O2. The number of hydrogen-bond donors (Lipinski definition) is 0. The van der Waals surface area contributed by atoms with Crippen molar-refractivity contribution >= 4 is 16.7 Å². The molecule has 140 valence electrons. The number of carbonyl (C=O) groups excluding carboxylic acids is 1. The van der Waals surface area contributed by atoms with Crippen LogP contribution in [-0.2, 0) is 13.0 Å². The quantitative estimate of drug-likeness (QED) is 0.512. The molecule has 2 heterocycles. The minimum absolute atomic E-state index is 0.141. The maximum Gasteiger partial charge on any atom is 0.255 e. The summed E-state index contributed by atoms with van der Waals surface area (Å²) in [5.74, 6) is 0.684. The van der Waals surface area contributed by atoms with Gasteiger partial charge in [-0.3, -0.25) is 4.79 Å². The molecule has 0 radical (unpaired) electrons. The summed E-state index contributed by atoms with van der Waals surface area (Å²) in [5, 5.41) is 15.9. The highest BCUT2D eigenvalue weighted by molar-refractivity contribution is 5.98. The molecule has 3 aromatic carbocycles. The number of nitrogens with zero attached hydrogens (tertiary/aromatic N) is 3. The lowest BCUT2D eigenvalue weighted by molar-refractivity contribution is 0.0729. The number of rotatable bonds is 2. The molecule has 0 aliphatic carbocycles. The van der Waals surface area contributed by atoms with Crippen molar-refractivity contribution < 1.29 is 9.32 Å². The molecule has 0 unspecified atom stereocenters. The van der Waals surface area contributed by atoms with Crippen molar-refractivity contribution in [2.24, 2.45) is 0 Å². The van der Waals surface area contributed by atoms with Crippen molar-refractivity contribution in [3.05, 3.63) is 89.2 Å². The molecule has 1 aliphatic rings. The molecule has 0 atom stereocenters. The summed E-state index contributed by atoms with van der Waals surface area (Å²) in [7, 11) is 0. The second-order valence-electron chi connectivity index (χ2n) is 7.09. The number of fused-ring (bicyclic) bond motifs is 2. The monoisotopic (exact) mass is 379 g/mol. The standard InChI is InChI=1S/C24H17N3O2/c25-14-17-7-2-4-10-19(17)24(28)27-13-12-22-21(15-27)23(26-29-22)20-11-5-8-16-6-1-3-9-18(16)20/h1-11H,12-13,15H2. The van der Waals surface area contributed by atoms with Crippen molar-refractivity contribution in [1.29, 1.82) is 5.26 Å². The first-order chi connectivity index (χ1) is 14.3. The predicted octanol–water partition coefficient (Wildman–Crippen LogP) is 4.56. The van der Waals surface area contributed by atoms with E-state index in [-0.39, 0.29) is 5.91 Å². The molecular weight excluding hydrogens is 362 g/mol. The molecule has 0 fully saturated rings. The van der Waals surface area contributed by atoms with Gasteiger partial charge in [0.1, 0.15) is 11.5 Å². The van der Waals surface area contributed by atoms with Gasteiger partial charge >= 0.3 is 0 Å². The van der Waals surface area contributed by atoms with E-state index in [4.69, 9.17) is 4.52 Å². The Kier molecular flexibility index (Phi) is 4.10. The third-order valence-corrected chi connectivity index (χ3v) is 5.44. The molecule has 0 spiro atoms. The minimum atomic E-state index is -0.141. The van der Waals surface area contributed by atoms with Crippen LogP contribution in [0.2, 0.25) is 0 Å². The van der Waals surface area contributed by atoms with Gasteiger partial charge in [0, 0.05) is 24.1 Å². The molecule has 1 amide bonds. The zero-order chi connectivity index (χ0) is 19.8. The van der Waals surface area contributed by atoms with Gasteiger partial charge in [0.05, 0.1) is 23.7 Å². The van der Waals surface area contributed by atoms with Crippen molar-refractivity contribution in [3.8, 4) is 17.3 Å². The van der Waals surface area contributed by atoms with Gasteiger partial charge in [-0.15, -0.1) is 0 Å². The summed E-state index contributed by atoms with van der Waals surface area (Å²) in [6.45, 7) is 0.950. The van der Waals surface area contributed by atoms with Crippen LogP contribution in [0.3, 0.4) is 0 Å². The fraction of sp³-hybridized carbons (Fsp3) is 0.125. The third kappa shape index (κ3) is 2.86. The average Bonchev–Trinajstić information content (AvgIpc) is 3.21. The Bertz CT molecular complexity index is 1280. The van der Waals surface area contributed by atoms with E-state index in [9.17, 15) is 10.1 Å². The van der Waals surface area contributed by atoms with Gasteiger partial charge in [-0.1, -0.05) is 59.8 Å². The van der Waals surface area contributed by atoms with Gasteiger partial charge in [0.2, 0.25) is 0 Å². The van der Waals surface area contributed by atoms with Crippen LogP contribution in [0.15, 0.2) is 71.3 Å². The highest BCUT2D eigenvalue weighted by Gasteiger charge is 2.29. The van der Waals surface area contributed by atoms with E-state index in [1.54, 1.807) is 29.2 Å². The number of benzene rings is 3. The Morgan fingerprint density at radius 3 is 2.72 bits per heavy atom. The summed E-state index contributed by atoms with van der Waals surface area (Å²) in [5.41, 5.74) is 3.54. The zero-order valence-electron chi connectivity index (χ0n) is 15.6. The molecule has 5 rings (SSSR count). The lowest BCUT2D eigenvalue weighted by atomic mass is 9.96. The largest absolute Gasteiger partial charge is 0.360 e. The lowest BCUT2D eigenvalue weighted by Crippen LogP contribution is -2.36. The third-order valence-electron chi connectivity index (χ3n) is 5.44. The normalized spacial score (nSPS) is 13.1. The Balaban J connectivity index is 1.54. The van der Waals surface area contributed by atoms with Crippen LogP contribution < -0.4 is 0 Å². The van der Waals surface area contributed by atoms with Gasteiger partial charge in [0.15, 0.2) is 0 Å². The lowest BCUT2D eigenvalue weighted by Gasteiger charge is -2.26. The maximum atomic E-state index is 13.1. The van der Waals surface area contributed by atoms with Crippen LogP contribution in [-0.4, -0.2) is 22.5 Å². The van der Waals surface area contributed by atoms with Gasteiger partial charge in [-0.05, 0) is 22.9 Å². The summed E-state index contributed by atoms with van der Waals surface area (Å²) in [4.78, 5) is 14.9. The smallest absolute Gasteiger partial charge is 0.255 e. The van der Waals surface area contributed by atoms with Gasteiger partial charge in [-0.25, -0.2) is 0 Å². The molecule has 0 saturated heterocycles. The van der Waals surface area contributed by atoms with E-state index >= 15 is 0 Å². The summed E-state index contributed by atoms with van der Waals surface area (Å²) < 4.78 is 5.63. The molecule has 4 aromatic rings. The Morgan fingerprint density at radius 1 is 1.03 bits per heavy atom. The molecule has 1 aromatic heterocycles. The first kappa shape index (κ1) is 17.2. The van der Waals surface area contributed by atoms with E-state index in [1.807, 2.05) is 24.3 Å². The van der Waals surface area contributed by atoms with Crippen LogP contribution in [0.25, 0.3) is 22.0 Å². The number of nitriles is 1. The Labute approximate surface area is 167 Å². The molecule has 5 heteroatoms. The van der Waals surface area contributed by atoms with E-state index in [0.29, 0.717) is 30.6 Å². The van der Waals surface area contributed by atoms with E-state index in [0.717, 1.165) is 33.4 Å². The van der Waals surface area contributed by atoms with Crippen molar-refractivity contribution in [2.75, 3.05) is 6.54 Å². The summed E-state index contributed by atoms with van der Waals surface area (Å²) >= 11 is 0. The molecule has 0 saturated carbocycles. The number of amides is 1. The summed E-state index contributed by atoms with van der Waals surface area (Å²) in [6.07, 6.45) is 0.605. The van der Waals surface area contributed by atoms with Gasteiger partial charge < -0.3 is 9.42 Å². The Morgan fingerprint density at radius 2 is 1.83 bits per heavy atom. The van der Waals surface area contributed by atoms with Crippen molar-refractivity contribution in [2.45, 2.75) is 13.0 Å². The van der Waals surface area contributed by atoms with E-state index in [1.165, 1.54) is 0 Å². The van der Waals surface area contributed by atoms with E-state index < -0.39 is 0 Å². The number of hydrogen-bond acceptors (Lipinski definition) is 4. The summed E-state index contributed by atoms with van der Waals surface area (Å²) in [6, 6.07) is 23.3. The highest BCUT2D eigenvalue weighted by Crippen LogP contribution is 2.34. The highest BCUT2D eigenvalue weighted by atomic mass is 16.5. The first-order valence-corrected chi connectivity index (χ1v) is 9.50. The van der Waals surface area contributed by atoms with Crippen LogP contribution in [0.1, 0.15) is 27.2 Å². The minimum Gasteiger partial charge on any atom is -0.360 e. The topological polar surface area (TPSA) is 70.1 Å². The fourth-order valence-electron chi connectivity index (χ4n) is 3.96. The molecule has 1 aliphatic heterocycles. The van der Waals surface area contributed by atoms with Crippen LogP contribution in [0.4, 0.5) is 0 Å². The predicted molar refractivity (Wildman–Crippen MR) is 109 cm³/mol. The van der Waals surface area contributed by atoms with E-state index in [2.05, 4.69) is 29.4 Å². The Hall–Kier alpha value is -3.91. The van der Waals surface area contributed by atoms with Crippen LogP contribution in [0.5, 0.6) is 0 Å². The molecule has 0 N–H and O–H groups in total. The average molecular weight is 379 g/mol. The number of aromatic nitrogens is 1. The van der Waals surface area contributed by atoms with Gasteiger partial charge in [-0.2, -0.15) is 5.26 Å². The van der Waals surface area contributed by atoms with Crippen molar-refractivity contribution in [3.63, 3.8) is 0 Å². The fourth-order valence-corrected chi connectivity index (χ4v) is 3.96. The zero-order valence-corrected chi connectivity index (χ0v) is 15.6.